The second-order valence-corrected chi connectivity index (χ2v) is 20.7. The molecule has 0 unspecified atom stereocenters. The first kappa shape index (κ1) is 38.4. The van der Waals surface area contributed by atoms with Crippen LogP contribution in [-0.2, 0) is 26.5 Å². The molecule has 57 heavy (non-hydrogen) atoms. The number of aryl methyl sites for hydroxylation is 1. The van der Waals surface area contributed by atoms with Crippen LogP contribution in [0, 0.1) is 25.7 Å². The number of pyridine rings is 1. The van der Waals surface area contributed by atoms with Crippen LogP contribution in [-0.4, -0.2) is 17.6 Å². The Bertz CT molecular complexity index is 2780. The fourth-order valence-electron chi connectivity index (χ4n) is 8.09. The quantitative estimate of drug-likeness (QED) is 0.118. The predicted octanol–water partition coefficient (Wildman–Crippen LogP) is 11.5. The summed E-state index contributed by atoms with van der Waals surface area (Å²) in [4.78, 5) is 9.56. The molecule has 0 spiro atoms. The summed E-state index contributed by atoms with van der Waals surface area (Å²) in [5.74, 6) is 0.912. The first-order valence-electron chi connectivity index (χ1n) is 19.4. The molecule has 1 aliphatic rings. The van der Waals surface area contributed by atoms with Gasteiger partial charge < -0.3 is 14.4 Å². The van der Waals surface area contributed by atoms with Crippen LogP contribution >= 0.6 is 0 Å². The molecule has 0 N–H and O–H groups in total. The van der Waals surface area contributed by atoms with Crippen molar-refractivity contribution >= 4 is 51.6 Å². The third kappa shape index (κ3) is 6.98. The molecule has 0 saturated heterocycles. The zero-order valence-corrected chi connectivity index (χ0v) is 36.5. The van der Waals surface area contributed by atoms with Gasteiger partial charge in [-0.3, -0.25) is 0 Å². The molecule has 4 nitrogen and oxygen atoms in total. The summed E-state index contributed by atoms with van der Waals surface area (Å²) in [6.45, 7) is 16.0. The number of fused-ring (bicyclic) bond motifs is 3. The zero-order valence-electron chi connectivity index (χ0n) is 33.2. The average Bonchev–Trinajstić information content (AvgIpc) is 3.85. The van der Waals surface area contributed by atoms with E-state index >= 15 is 0 Å². The topological polar surface area (TPSA) is 24.3 Å². The molecule has 0 fully saturated rings. The van der Waals surface area contributed by atoms with Gasteiger partial charge in [-0.05, 0) is 70.6 Å². The molecule has 6 heteroatoms. The van der Waals surface area contributed by atoms with Gasteiger partial charge in [0.25, 0.3) is 0 Å². The largest absolute Gasteiger partial charge is 0.500 e. The van der Waals surface area contributed by atoms with E-state index in [1.165, 1.54) is 54.5 Å². The molecule has 0 aliphatic carbocycles. The van der Waals surface area contributed by atoms with Crippen LogP contribution in [0.5, 0.6) is 0 Å². The molecule has 0 saturated carbocycles. The van der Waals surface area contributed by atoms with Gasteiger partial charge in [0, 0.05) is 49.6 Å². The van der Waals surface area contributed by atoms with E-state index in [2.05, 4.69) is 232 Å². The van der Waals surface area contributed by atoms with Crippen molar-refractivity contribution in [2.75, 3.05) is 9.80 Å². The van der Waals surface area contributed by atoms with Gasteiger partial charge in [-0.25, -0.2) is 4.98 Å². The molecule has 6 aromatic carbocycles. The van der Waals surface area contributed by atoms with Gasteiger partial charge in [-0.15, -0.1) is 17.7 Å². The summed E-state index contributed by atoms with van der Waals surface area (Å²) >= 11 is 0. The molecule has 0 bridgehead atoms. The molecular weight excluding hydrogens is 892 g/mol. The van der Waals surface area contributed by atoms with E-state index in [4.69, 9.17) is 4.98 Å². The van der Waals surface area contributed by atoms with Gasteiger partial charge in [0.1, 0.15) is 5.82 Å². The molecule has 8 aromatic rings. The Morgan fingerprint density at radius 1 is 0.632 bits per heavy atom. The zero-order chi connectivity index (χ0) is 38.6. The van der Waals surface area contributed by atoms with Gasteiger partial charge in [0.2, 0.25) is 0 Å². The number of anilines is 2. The van der Waals surface area contributed by atoms with Crippen molar-refractivity contribution in [1.29, 1.82) is 0 Å². The summed E-state index contributed by atoms with van der Waals surface area (Å²) in [7, 11) is -2.29. The van der Waals surface area contributed by atoms with Crippen LogP contribution in [0.4, 0.5) is 11.4 Å². The molecule has 0 radical (unpaired) electrons. The maximum Gasteiger partial charge on any atom is 0.135 e. The van der Waals surface area contributed by atoms with Gasteiger partial charge in [-0.2, -0.15) is 52.8 Å². The van der Waals surface area contributed by atoms with Crippen LogP contribution < -0.4 is 20.2 Å². The normalized spacial score (nSPS) is 13.1. The fourth-order valence-corrected chi connectivity index (χ4v) is 10.3. The van der Waals surface area contributed by atoms with E-state index < -0.39 is 8.07 Å². The van der Waals surface area contributed by atoms with Crippen molar-refractivity contribution in [1.82, 2.24) is 9.55 Å². The Balaban J connectivity index is 0.00000455. The molecule has 286 valence electrons. The van der Waals surface area contributed by atoms with Gasteiger partial charge >= 0.3 is 0 Å². The van der Waals surface area contributed by atoms with Crippen LogP contribution in [0.2, 0.25) is 13.1 Å². The predicted molar refractivity (Wildman–Crippen MR) is 239 cm³/mol. The number of hydrogen-bond donors (Lipinski definition) is 0. The average molecular weight is 937 g/mol. The standard InChI is InChI=1S/C51H45N4Si.Pt/c1-36-17-10-11-22-41(36)45-34-52-50(33-46(45)51(2,3)4)55-48-26-15-13-24-43(48)44-28-27-40(32-49(44)55)56(5,6)39-21-16-20-38(31-39)53-29-30-54(35-53)47-25-14-12-23-42(47)37-18-8-7-9-19-37;/h7-30,33-35H,1-6H3;/q-3;. The molecular formula is C51H45N4PtSi-3. The van der Waals surface area contributed by atoms with E-state index in [0.717, 1.165) is 28.2 Å². The minimum Gasteiger partial charge on any atom is -0.500 e. The van der Waals surface area contributed by atoms with Crippen molar-refractivity contribution < 1.29 is 21.1 Å². The van der Waals surface area contributed by atoms with E-state index in [9.17, 15) is 0 Å². The van der Waals surface area contributed by atoms with Gasteiger partial charge in [0.15, 0.2) is 0 Å². The van der Waals surface area contributed by atoms with Gasteiger partial charge in [0.05, 0.1) is 8.07 Å². The SMILES string of the molecule is Cc1ccccc1-c1cnc(-n2c3[c-]c([Si](C)(C)c4[c-]c(N5C=CN(c6ccccc6-c6ccccc6)[CH-]5)ccc4)ccc3c3ccccc32)cc1C(C)(C)C.[Pt]. The number of para-hydroxylation sites is 2. The van der Waals surface area contributed by atoms with E-state index in [-0.39, 0.29) is 26.5 Å². The summed E-state index contributed by atoms with van der Waals surface area (Å²) in [6, 6.07) is 57.7. The summed E-state index contributed by atoms with van der Waals surface area (Å²) < 4.78 is 2.32. The smallest absolute Gasteiger partial charge is 0.135 e. The fraction of sp³-hybridized carbons (Fsp3) is 0.137. The third-order valence-electron chi connectivity index (χ3n) is 11.3. The second kappa shape index (κ2) is 15.1. The Kier molecular flexibility index (Phi) is 10.2. The summed E-state index contributed by atoms with van der Waals surface area (Å²) in [5, 5.41) is 4.85. The van der Waals surface area contributed by atoms with Crippen LogP contribution in [0.25, 0.3) is 49.9 Å². The van der Waals surface area contributed by atoms with Crippen molar-refractivity contribution in [3.63, 3.8) is 0 Å². The first-order valence-corrected chi connectivity index (χ1v) is 22.4. The van der Waals surface area contributed by atoms with E-state index in [1.807, 2.05) is 0 Å². The number of nitrogens with zero attached hydrogens (tertiary/aromatic N) is 4. The number of hydrogen-bond acceptors (Lipinski definition) is 3. The minimum atomic E-state index is -2.29. The second-order valence-electron chi connectivity index (χ2n) is 16.3. The molecule has 1 aliphatic heterocycles. The Hall–Kier alpha value is -5.48. The van der Waals surface area contributed by atoms with Crippen LogP contribution in [0.3, 0.4) is 0 Å². The first-order chi connectivity index (χ1) is 27.1. The van der Waals surface area contributed by atoms with Crippen LogP contribution in [0.15, 0.2) is 158 Å². The van der Waals surface area contributed by atoms with Crippen LogP contribution in [0.1, 0.15) is 31.9 Å². The number of rotatable bonds is 7. The summed E-state index contributed by atoms with van der Waals surface area (Å²) in [5.41, 5.74) is 11.6. The van der Waals surface area contributed by atoms with Gasteiger partial charge in [-0.1, -0.05) is 130 Å². The molecule has 9 rings (SSSR count). The Morgan fingerprint density at radius 2 is 1.32 bits per heavy atom. The Labute approximate surface area is 352 Å². The Morgan fingerprint density at radius 3 is 2.11 bits per heavy atom. The molecule has 0 atom stereocenters. The summed E-state index contributed by atoms with van der Waals surface area (Å²) in [6.07, 6.45) is 6.32. The van der Waals surface area contributed by atoms with E-state index in [0.29, 0.717) is 0 Å². The maximum atomic E-state index is 5.20. The van der Waals surface area contributed by atoms with Crippen molar-refractivity contribution in [2.45, 2.75) is 46.2 Å². The van der Waals surface area contributed by atoms with Crippen molar-refractivity contribution in [3.05, 3.63) is 188 Å². The minimum absolute atomic E-state index is 0. The molecule has 3 heterocycles. The number of benzene rings is 6. The molecule has 2 aromatic heterocycles. The van der Waals surface area contributed by atoms with E-state index in [1.54, 1.807) is 0 Å². The number of aromatic nitrogens is 2. The van der Waals surface area contributed by atoms with Crippen molar-refractivity contribution in [3.8, 4) is 28.1 Å². The third-order valence-corrected chi connectivity index (χ3v) is 14.5. The monoisotopic (exact) mass is 936 g/mol. The maximum absolute atomic E-state index is 5.20. The molecule has 0 amide bonds. The van der Waals surface area contributed by atoms with Crippen molar-refractivity contribution in [2.24, 2.45) is 0 Å².